The van der Waals surface area contributed by atoms with Gasteiger partial charge in [-0.2, -0.15) is 0 Å². The second kappa shape index (κ2) is 25.7. The second-order valence-electron chi connectivity index (χ2n) is 6.18. The molecule has 22 heavy (non-hydrogen) atoms. The van der Waals surface area contributed by atoms with Gasteiger partial charge in [0.25, 0.3) is 0 Å². The maximum Gasteiger partial charge on any atom is 0.549 e. The summed E-state index contributed by atoms with van der Waals surface area (Å²) in [6.07, 6.45) is 22.9. The van der Waals surface area contributed by atoms with E-state index in [0.717, 1.165) is 6.54 Å². The van der Waals surface area contributed by atoms with Gasteiger partial charge in [-0.15, -0.1) is 0 Å². The van der Waals surface area contributed by atoms with Crippen molar-refractivity contribution in [3.05, 3.63) is 0 Å². The molecule has 0 aromatic carbocycles. The first-order chi connectivity index (χ1) is 10.8. The SMILES string of the molecule is CCCCCCCCCCCCCCCCCCN.O=[Si]=O. The Morgan fingerprint density at radius 1 is 0.545 bits per heavy atom. The predicted octanol–water partition coefficient (Wildman–Crippen LogP) is 5.59. The lowest BCUT2D eigenvalue weighted by Gasteiger charge is -2.03. The van der Waals surface area contributed by atoms with Gasteiger partial charge in [0.1, 0.15) is 0 Å². The summed E-state index contributed by atoms with van der Waals surface area (Å²) in [5.74, 6) is 0. The summed E-state index contributed by atoms with van der Waals surface area (Å²) in [5.41, 5.74) is 5.48. The van der Waals surface area contributed by atoms with Crippen LogP contribution in [0.4, 0.5) is 0 Å². The monoisotopic (exact) mass is 329 g/mol. The molecule has 0 saturated carbocycles. The van der Waals surface area contributed by atoms with E-state index in [1.807, 2.05) is 0 Å². The lowest BCUT2D eigenvalue weighted by Crippen LogP contribution is -1.97. The van der Waals surface area contributed by atoms with Gasteiger partial charge in [-0.3, -0.25) is 8.92 Å². The quantitative estimate of drug-likeness (QED) is 0.297. The average Bonchev–Trinajstić information content (AvgIpc) is 2.52. The fourth-order valence-corrected chi connectivity index (χ4v) is 2.69. The highest BCUT2D eigenvalue weighted by Crippen LogP contribution is 2.13. The second-order valence-corrected chi connectivity index (χ2v) is 6.34. The van der Waals surface area contributed by atoms with Crippen LogP contribution in [-0.2, 0) is 8.92 Å². The average molecular weight is 330 g/mol. The van der Waals surface area contributed by atoms with Crippen LogP contribution in [0.1, 0.15) is 110 Å². The Kier molecular flexibility index (Phi) is 28.1. The number of hydrogen-bond donors (Lipinski definition) is 1. The zero-order valence-corrected chi connectivity index (χ0v) is 15.9. The van der Waals surface area contributed by atoms with Crippen molar-refractivity contribution < 1.29 is 8.92 Å². The van der Waals surface area contributed by atoms with Crippen LogP contribution < -0.4 is 5.73 Å². The van der Waals surface area contributed by atoms with Crippen LogP contribution in [0.15, 0.2) is 0 Å². The third-order valence-corrected chi connectivity index (χ3v) is 4.06. The van der Waals surface area contributed by atoms with Crippen LogP contribution in [0.3, 0.4) is 0 Å². The number of unbranched alkanes of at least 4 members (excludes halogenated alkanes) is 15. The molecule has 0 bridgehead atoms. The molecule has 0 aliphatic heterocycles. The summed E-state index contributed by atoms with van der Waals surface area (Å²) < 4.78 is 16.8. The highest BCUT2D eigenvalue weighted by atomic mass is 28.2. The van der Waals surface area contributed by atoms with E-state index in [-0.39, 0.29) is 0 Å². The molecule has 0 aliphatic rings. The lowest BCUT2D eigenvalue weighted by molar-refractivity contribution is 0.497. The summed E-state index contributed by atoms with van der Waals surface area (Å²) in [7, 11) is -1.42. The molecular weight excluding hydrogens is 290 g/mol. The summed E-state index contributed by atoms with van der Waals surface area (Å²) in [5, 5.41) is 0. The normalized spacial score (nSPS) is 9.91. The van der Waals surface area contributed by atoms with Gasteiger partial charge in [-0.25, -0.2) is 0 Å². The van der Waals surface area contributed by atoms with E-state index in [4.69, 9.17) is 14.7 Å². The zero-order valence-electron chi connectivity index (χ0n) is 14.9. The molecule has 0 rings (SSSR count). The van der Waals surface area contributed by atoms with Gasteiger partial charge >= 0.3 is 9.29 Å². The van der Waals surface area contributed by atoms with Gasteiger partial charge in [-0.05, 0) is 13.0 Å². The Hall–Kier alpha value is -0.223. The lowest BCUT2D eigenvalue weighted by atomic mass is 10.0. The molecule has 0 aromatic rings. The van der Waals surface area contributed by atoms with Crippen molar-refractivity contribution in [1.82, 2.24) is 0 Å². The van der Waals surface area contributed by atoms with Crippen molar-refractivity contribution in [2.45, 2.75) is 110 Å². The van der Waals surface area contributed by atoms with Crippen LogP contribution in [0.25, 0.3) is 0 Å². The Morgan fingerprint density at radius 3 is 1.00 bits per heavy atom. The van der Waals surface area contributed by atoms with Crippen LogP contribution in [0.5, 0.6) is 0 Å². The zero-order chi connectivity index (χ0) is 16.7. The molecule has 0 atom stereocenters. The summed E-state index contributed by atoms with van der Waals surface area (Å²) in [4.78, 5) is 0. The fraction of sp³-hybridized carbons (Fsp3) is 1.00. The molecule has 3 nitrogen and oxygen atoms in total. The van der Waals surface area contributed by atoms with Crippen molar-refractivity contribution in [3.63, 3.8) is 0 Å². The van der Waals surface area contributed by atoms with Gasteiger partial charge in [0.15, 0.2) is 0 Å². The Balaban J connectivity index is 0. The first kappa shape index (κ1) is 24.0. The minimum Gasteiger partial charge on any atom is -0.330 e. The molecule has 0 fully saturated rings. The molecule has 0 amide bonds. The van der Waals surface area contributed by atoms with Gasteiger partial charge in [-0.1, -0.05) is 103 Å². The first-order valence-corrected chi connectivity index (χ1v) is 10.3. The van der Waals surface area contributed by atoms with E-state index in [0.29, 0.717) is 0 Å². The van der Waals surface area contributed by atoms with E-state index >= 15 is 0 Å². The summed E-state index contributed by atoms with van der Waals surface area (Å²) in [6.45, 7) is 3.16. The molecular formula is C18H39NO2Si. The molecule has 0 saturated heterocycles. The molecule has 4 heteroatoms. The minimum absolute atomic E-state index is 0.873. The minimum atomic E-state index is -1.42. The van der Waals surface area contributed by atoms with Crippen molar-refractivity contribution >= 4 is 9.29 Å². The highest BCUT2D eigenvalue weighted by molar-refractivity contribution is 5.94. The summed E-state index contributed by atoms with van der Waals surface area (Å²) >= 11 is 0. The predicted molar refractivity (Wildman–Crippen MR) is 95.7 cm³/mol. The molecule has 2 N–H and O–H groups in total. The Morgan fingerprint density at radius 2 is 0.773 bits per heavy atom. The molecule has 0 aromatic heterocycles. The molecule has 0 spiro atoms. The first-order valence-electron chi connectivity index (χ1n) is 9.52. The molecule has 0 heterocycles. The van der Waals surface area contributed by atoms with E-state index in [2.05, 4.69) is 6.92 Å². The van der Waals surface area contributed by atoms with Gasteiger partial charge in [0, 0.05) is 0 Å². The van der Waals surface area contributed by atoms with Gasteiger partial charge in [0.05, 0.1) is 0 Å². The van der Waals surface area contributed by atoms with E-state index in [1.165, 1.54) is 103 Å². The standard InChI is InChI=1S/C18H39N.O2Si/c1-2-3-4-5-6-7-8-9-10-11-12-13-14-15-16-17-18-19;1-3-2/h2-19H2,1H3;. The van der Waals surface area contributed by atoms with Crippen molar-refractivity contribution in [2.24, 2.45) is 5.73 Å². The van der Waals surface area contributed by atoms with Crippen molar-refractivity contribution in [1.29, 1.82) is 0 Å². The van der Waals surface area contributed by atoms with Crippen LogP contribution in [0.2, 0.25) is 0 Å². The van der Waals surface area contributed by atoms with E-state index in [9.17, 15) is 0 Å². The van der Waals surface area contributed by atoms with Crippen LogP contribution >= 0.6 is 0 Å². The van der Waals surface area contributed by atoms with Crippen LogP contribution in [-0.4, -0.2) is 15.8 Å². The maximum atomic E-state index is 8.40. The topological polar surface area (TPSA) is 60.2 Å². The van der Waals surface area contributed by atoms with Crippen molar-refractivity contribution in [3.8, 4) is 0 Å². The fourth-order valence-electron chi connectivity index (χ4n) is 2.69. The highest BCUT2D eigenvalue weighted by Gasteiger charge is 1.94. The van der Waals surface area contributed by atoms with E-state index < -0.39 is 9.29 Å². The number of hydrogen-bond acceptors (Lipinski definition) is 3. The molecule has 0 aliphatic carbocycles. The smallest absolute Gasteiger partial charge is 0.330 e. The molecule has 0 radical (unpaired) electrons. The van der Waals surface area contributed by atoms with Crippen LogP contribution in [0, 0.1) is 0 Å². The van der Waals surface area contributed by atoms with Gasteiger partial charge < -0.3 is 5.73 Å². The van der Waals surface area contributed by atoms with Crippen molar-refractivity contribution in [2.75, 3.05) is 6.54 Å². The Labute approximate surface area is 140 Å². The third kappa shape index (κ3) is 28.0. The maximum absolute atomic E-state index is 8.40. The third-order valence-electron chi connectivity index (χ3n) is 4.06. The van der Waals surface area contributed by atoms with E-state index in [1.54, 1.807) is 0 Å². The molecule has 0 unspecified atom stereocenters. The number of nitrogens with two attached hydrogens (primary N) is 1. The van der Waals surface area contributed by atoms with Gasteiger partial charge in [0.2, 0.25) is 0 Å². The molecule has 132 valence electrons. The Bertz CT molecular complexity index is 203. The number of rotatable bonds is 16. The summed E-state index contributed by atoms with van der Waals surface area (Å²) in [6, 6.07) is 0. The largest absolute Gasteiger partial charge is 0.549 e.